The Labute approximate surface area is 184 Å². The highest BCUT2D eigenvalue weighted by Gasteiger charge is 2.34. The molecular formula is C21H24ClFN6O2. The van der Waals surface area contributed by atoms with Crippen LogP contribution in [0.25, 0.3) is 16.9 Å². The van der Waals surface area contributed by atoms with Gasteiger partial charge in [0.1, 0.15) is 17.3 Å². The number of alkyl halides is 1. The third kappa shape index (κ3) is 4.87. The first-order chi connectivity index (χ1) is 14.7. The lowest BCUT2D eigenvalue weighted by Gasteiger charge is -2.35. The molecule has 0 unspecified atom stereocenters. The van der Waals surface area contributed by atoms with E-state index in [1.54, 1.807) is 49.8 Å². The van der Waals surface area contributed by atoms with E-state index >= 15 is 0 Å². The number of imidazole rings is 1. The molecule has 3 heterocycles. The van der Waals surface area contributed by atoms with Crippen molar-refractivity contribution in [3.8, 4) is 11.4 Å². The maximum Gasteiger partial charge on any atom is 0.410 e. The predicted molar refractivity (Wildman–Crippen MR) is 116 cm³/mol. The lowest BCUT2D eigenvalue weighted by molar-refractivity contribution is 0.0125. The molecule has 1 aliphatic heterocycles. The van der Waals surface area contributed by atoms with Crippen LogP contribution in [0.5, 0.6) is 0 Å². The molecule has 0 aliphatic carbocycles. The van der Waals surface area contributed by atoms with Gasteiger partial charge in [0.25, 0.3) is 0 Å². The third-order valence-corrected chi connectivity index (χ3v) is 5.14. The minimum absolute atomic E-state index is 0.0457. The van der Waals surface area contributed by atoms with Crippen LogP contribution in [0.2, 0.25) is 5.02 Å². The average molecular weight is 447 g/mol. The van der Waals surface area contributed by atoms with E-state index in [9.17, 15) is 9.18 Å². The van der Waals surface area contributed by atoms with Crippen LogP contribution in [0.1, 0.15) is 27.2 Å². The van der Waals surface area contributed by atoms with Crippen molar-refractivity contribution in [1.29, 1.82) is 0 Å². The van der Waals surface area contributed by atoms with E-state index in [4.69, 9.17) is 16.3 Å². The van der Waals surface area contributed by atoms with Crippen molar-refractivity contribution in [2.45, 2.75) is 45.0 Å². The number of benzene rings is 1. The number of ether oxygens (including phenoxy) is 1. The van der Waals surface area contributed by atoms with E-state index in [1.807, 2.05) is 12.1 Å². The highest BCUT2D eigenvalue weighted by atomic mass is 35.5. The Hall–Kier alpha value is -2.94. The lowest BCUT2D eigenvalue weighted by atomic mass is 10.0. The number of amides is 1. The Morgan fingerprint density at radius 3 is 2.61 bits per heavy atom. The zero-order valence-electron chi connectivity index (χ0n) is 17.5. The summed E-state index contributed by atoms with van der Waals surface area (Å²) in [5.41, 5.74) is 0.948. The van der Waals surface area contributed by atoms with Gasteiger partial charge in [-0.15, -0.1) is 5.10 Å². The molecule has 1 aliphatic rings. The Bertz CT molecular complexity index is 1080. The molecule has 1 fully saturated rings. The fraction of sp³-hybridized carbons (Fsp3) is 0.429. The number of hydrogen-bond acceptors (Lipinski definition) is 6. The van der Waals surface area contributed by atoms with Crippen molar-refractivity contribution >= 4 is 29.2 Å². The molecule has 3 aromatic rings. The second kappa shape index (κ2) is 8.30. The molecule has 164 valence electrons. The van der Waals surface area contributed by atoms with Crippen LogP contribution in [-0.4, -0.2) is 61.5 Å². The number of fused-ring (bicyclic) bond motifs is 1. The fourth-order valence-electron chi connectivity index (χ4n) is 3.39. The molecule has 1 amide bonds. The van der Waals surface area contributed by atoms with Crippen LogP contribution in [0.15, 0.2) is 36.7 Å². The number of likely N-dealkylation sites (tertiary alicyclic amines) is 1. The van der Waals surface area contributed by atoms with Gasteiger partial charge in [-0.25, -0.2) is 23.7 Å². The van der Waals surface area contributed by atoms with Crippen molar-refractivity contribution < 1.29 is 13.9 Å². The van der Waals surface area contributed by atoms with E-state index in [0.29, 0.717) is 35.3 Å². The summed E-state index contributed by atoms with van der Waals surface area (Å²) in [6.07, 6.45) is 1.93. The largest absolute Gasteiger partial charge is 0.444 e. The van der Waals surface area contributed by atoms with E-state index in [0.717, 1.165) is 5.56 Å². The van der Waals surface area contributed by atoms with Crippen LogP contribution in [0.3, 0.4) is 0 Å². The number of aromatic nitrogens is 4. The quantitative estimate of drug-likeness (QED) is 0.649. The van der Waals surface area contributed by atoms with E-state index in [-0.39, 0.29) is 6.54 Å². The van der Waals surface area contributed by atoms with Gasteiger partial charge in [0.05, 0.1) is 25.0 Å². The number of halogens is 2. The van der Waals surface area contributed by atoms with Gasteiger partial charge in [0.15, 0.2) is 5.82 Å². The first kappa shape index (κ1) is 21.3. The summed E-state index contributed by atoms with van der Waals surface area (Å²) < 4.78 is 21.8. The van der Waals surface area contributed by atoms with E-state index in [2.05, 4.69) is 20.4 Å². The fourth-order valence-corrected chi connectivity index (χ4v) is 3.51. The van der Waals surface area contributed by atoms with Crippen LogP contribution in [0, 0.1) is 0 Å². The van der Waals surface area contributed by atoms with Crippen molar-refractivity contribution in [1.82, 2.24) is 24.5 Å². The number of nitrogens with zero attached hydrogens (tertiary/aromatic N) is 5. The summed E-state index contributed by atoms with van der Waals surface area (Å²) in [5.74, 6) is 0.924. The molecule has 4 rings (SSSR count). The first-order valence-corrected chi connectivity index (χ1v) is 10.4. The molecule has 1 aromatic carbocycles. The van der Waals surface area contributed by atoms with Crippen LogP contribution in [0.4, 0.5) is 15.1 Å². The molecule has 2 aromatic heterocycles. The SMILES string of the molecule is CC(C)(C)OC(=O)N1CC[C@@H](Nc2ncc3cnc(-c4ccc(Cl)cc4)n3n2)[C@H](F)C1. The van der Waals surface area contributed by atoms with Crippen molar-refractivity contribution in [3.05, 3.63) is 41.7 Å². The zero-order valence-corrected chi connectivity index (χ0v) is 18.3. The average Bonchev–Trinajstić information content (AvgIpc) is 3.12. The van der Waals surface area contributed by atoms with Gasteiger partial charge in [-0.3, -0.25) is 0 Å². The summed E-state index contributed by atoms with van der Waals surface area (Å²) in [6.45, 7) is 5.70. The molecular weight excluding hydrogens is 423 g/mol. The summed E-state index contributed by atoms with van der Waals surface area (Å²) in [7, 11) is 0. The minimum atomic E-state index is -1.28. The molecule has 2 atom stereocenters. The molecule has 31 heavy (non-hydrogen) atoms. The number of hydrogen-bond donors (Lipinski definition) is 1. The predicted octanol–water partition coefficient (Wildman–Crippen LogP) is 4.20. The summed E-state index contributed by atoms with van der Waals surface area (Å²) in [4.78, 5) is 22.3. The standard InChI is InChI=1S/C21H24ClFN6O2/c1-21(2,3)31-20(30)28-9-8-17(16(23)12-28)26-19-25-11-15-10-24-18(29(15)27-19)13-4-6-14(22)7-5-13/h4-7,10-11,16-17H,8-9,12H2,1-3H3,(H,26,27)/t16-,17-/m1/s1. The second-order valence-electron chi connectivity index (χ2n) is 8.49. The lowest BCUT2D eigenvalue weighted by Crippen LogP contribution is -2.51. The Morgan fingerprint density at radius 1 is 1.23 bits per heavy atom. The third-order valence-electron chi connectivity index (χ3n) is 4.89. The van der Waals surface area contributed by atoms with Gasteiger partial charge < -0.3 is 15.0 Å². The molecule has 1 N–H and O–H groups in total. The number of rotatable bonds is 3. The number of nitrogens with one attached hydrogen (secondary N) is 1. The maximum absolute atomic E-state index is 14.8. The van der Waals surface area contributed by atoms with E-state index in [1.165, 1.54) is 4.90 Å². The maximum atomic E-state index is 14.8. The monoisotopic (exact) mass is 446 g/mol. The Balaban J connectivity index is 1.47. The molecule has 0 spiro atoms. The molecule has 0 radical (unpaired) electrons. The summed E-state index contributed by atoms with van der Waals surface area (Å²) in [6, 6.07) is 6.76. The Morgan fingerprint density at radius 2 is 1.94 bits per heavy atom. The van der Waals surface area contributed by atoms with Gasteiger partial charge in [0, 0.05) is 17.1 Å². The number of piperidine rings is 1. The van der Waals surface area contributed by atoms with Gasteiger partial charge in [0.2, 0.25) is 5.95 Å². The van der Waals surface area contributed by atoms with Crippen LogP contribution >= 0.6 is 11.6 Å². The minimum Gasteiger partial charge on any atom is -0.444 e. The second-order valence-corrected chi connectivity index (χ2v) is 8.93. The van der Waals surface area contributed by atoms with Crippen LogP contribution < -0.4 is 5.32 Å². The molecule has 0 saturated carbocycles. The van der Waals surface area contributed by atoms with Gasteiger partial charge in [-0.2, -0.15) is 0 Å². The van der Waals surface area contributed by atoms with Gasteiger partial charge in [-0.1, -0.05) is 11.6 Å². The normalized spacial score (nSPS) is 19.5. The highest BCUT2D eigenvalue weighted by Crippen LogP contribution is 2.23. The molecule has 10 heteroatoms. The van der Waals surface area contributed by atoms with Gasteiger partial charge >= 0.3 is 6.09 Å². The van der Waals surface area contributed by atoms with E-state index < -0.39 is 23.9 Å². The smallest absolute Gasteiger partial charge is 0.410 e. The molecule has 1 saturated heterocycles. The van der Waals surface area contributed by atoms with Gasteiger partial charge in [-0.05, 0) is 51.5 Å². The molecule has 8 nitrogen and oxygen atoms in total. The summed E-state index contributed by atoms with van der Waals surface area (Å²) in [5, 5.41) is 8.19. The number of anilines is 1. The van der Waals surface area contributed by atoms with Crippen molar-refractivity contribution in [3.63, 3.8) is 0 Å². The van der Waals surface area contributed by atoms with Crippen LogP contribution in [-0.2, 0) is 4.74 Å². The summed E-state index contributed by atoms with van der Waals surface area (Å²) >= 11 is 5.97. The van der Waals surface area contributed by atoms with Crippen molar-refractivity contribution in [2.75, 3.05) is 18.4 Å². The number of carbonyl (C=O) groups is 1. The highest BCUT2D eigenvalue weighted by molar-refractivity contribution is 6.30. The zero-order chi connectivity index (χ0) is 22.2. The number of carbonyl (C=O) groups excluding carboxylic acids is 1. The Kier molecular flexibility index (Phi) is 5.70. The van der Waals surface area contributed by atoms with Crippen molar-refractivity contribution in [2.24, 2.45) is 0 Å². The first-order valence-electron chi connectivity index (χ1n) is 10.0. The topological polar surface area (TPSA) is 84.6 Å². The molecule has 0 bridgehead atoms.